The molecule has 0 atom stereocenters. The van der Waals surface area contributed by atoms with Crippen molar-refractivity contribution in [2.75, 3.05) is 17.6 Å². The monoisotopic (exact) mass is 442 g/mol. The number of aryl methyl sites for hydroxylation is 1. The number of nitrogens with two attached hydrogens (primary N) is 2. The van der Waals surface area contributed by atoms with E-state index in [9.17, 15) is 9.59 Å². The molecule has 168 valence electrons. The third kappa shape index (κ3) is 4.47. The summed E-state index contributed by atoms with van der Waals surface area (Å²) < 4.78 is 1.75. The zero-order valence-electron chi connectivity index (χ0n) is 18.4. The van der Waals surface area contributed by atoms with Gasteiger partial charge in [-0.05, 0) is 55.3 Å². The molecule has 0 bridgehead atoms. The predicted molar refractivity (Wildman–Crippen MR) is 129 cm³/mol. The van der Waals surface area contributed by atoms with Crippen LogP contribution in [0.2, 0.25) is 0 Å². The van der Waals surface area contributed by atoms with Gasteiger partial charge in [0.15, 0.2) is 11.6 Å². The van der Waals surface area contributed by atoms with E-state index >= 15 is 0 Å². The molecule has 4 rings (SSSR count). The summed E-state index contributed by atoms with van der Waals surface area (Å²) in [4.78, 5) is 34.2. The first-order valence-corrected chi connectivity index (χ1v) is 10.9. The normalized spacial score (nSPS) is 11.0. The molecule has 3 aromatic heterocycles. The van der Waals surface area contributed by atoms with Crippen molar-refractivity contribution in [2.45, 2.75) is 26.2 Å². The molecule has 0 spiro atoms. The minimum Gasteiger partial charge on any atom is -0.397 e. The fraction of sp³-hybridized carbons (Fsp3) is 0.200. The maximum atomic E-state index is 12.8. The Bertz CT molecular complexity index is 1300. The molecular formula is C25H26N6O2. The average molecular weight is 443 g/mol. The first-order chi connectivity index (χ1) is 16.0. The molecule has 3 heterocycles. The smallest absolute Gasteiger partial charge is 0.256 e. The van der Waals surface area contributed by atoms with E-state index < -0.39 is 0 Å². The molecule has 0 unspecified atom stereocenters. The van der Waals surface area contributed by atoms with Crippen molar-refractivity contribution in [2.24, 2.45) is 5.73 Å². The topological polar surface area (TPSA) is 128 Å². The van der Waals surface area contributed by atoms with Crippen molar-refractivity contribution in [1.82, 2.24) is 14.4 Å². The summed E-state index contributed by atoms with van der Waals surface area (Å²) in [5, 5.41) is 2.77. The van der Waals surface area contributed by atoms with Crippen molar-refractivity contribution in [3.8, 4) is 11.3 Å². The van der Waals surface area contributed by atoms with Gasteiger partial charge in [0.25, 0.3) is 5.91 Å². The lowest BCUT2D eigenvalue weighted by Crippen LogP contribution is -2.12. The molecule has 0 aliphatic rings. The molecule has 0 fully saturated rings. The molecule has 4 aromatic rings. The number of pyridine rings is 2. The quantitative estimate of drug-likeness (QED) is 0.357. The second-order valence-corrected chi connectivity index (χ2v) is 7.67. The van der Waals surface area contributed by atoms with Gasteiger partial charge in [-0.3, -0.25) is 14.0 Å². The standard InChI is InChI=1S/C25H26N6O2/c1-2-16-12-15-31-23(21(16)27)22(30-24(31)19(32)6-5-13-26)17-8-10-18(11-9-17)25(33)29-20-7-3-4-14-28-20/h3-4,7-12,14-15H,2,5-6,13,26-27H2,1H3,(H,28,29,33). The number of anilines is 2. The number of amides is 1. The second-order valence-electron chi connectivity index (χ2n) is 7.67. The van der Waals surface area contributed by atoms with Crippen molar-refractivity contribution in [3.63, 3.8) is 0 Å². The maximum absolute atomic E-state index is 12.8. The fourth-order valence-corrected chi connectivity index (χ4v) is 3.73. The maximum Gasteiger partial charge on any atom is 0.256 e. The van der Waals surface area contributed by atoms with E-state index in [4.69, 9.17) is 11.5 Å². The molecule has 0 radical (unpaired) electrons. The first-order valence-electron chi connectivity index (χ1n) is 10.9. The molecule has 0 saturated heterocycles. The van der Waals surface area contributed by atoms with Crippen LogP contribution >= 0.6 is 0 Å². The Kier molecular flexibility index (Phi) is 6.46. The van der Waals surface area contributed by atoms with Gasteiger partial charge >= 0.3 is 0 Å². The number of imidazole rings is 1. The van der Waals surface area contributed by atoms with Crippen LogP contribution < -0.4 is 16.8 Å². The van der Waals surface area contributed by atoms with Crippen LogP contribution in [0.25, 0.3) is 16.8 Å². The highest BCUT2D eigenvalue weighted by atomic mass is 16.1. The summed E-state index contributed by atoms with van der Waals surface area (Å²) in [7, 11) is 0. The number of nitrogens with one attached hydrogen (secondary N) is 1. The number of hydrogen-bond acceptors (Lipinski definition) is 6. The SMILES string of the molecule is CCc1ccn2c(C(=O)CCCN)nc(-c3ccc(C(=O)Nc4ccccn4)cc3)c2c1N. The Balaban J connectivity index is 1.72. The van der Waals surface area contributed by atoms with Gasteiger partial charge in [-0.2, -0.15) is 0 Å². The van der Waals surface area contributed by atoms with Crippen LogP contribution in [-0.4, -0.2) is 32.6 Å². The zero-order valence-corrected chi connectivity index (χ0v) is 18.4. The van der Waals surface area contributed by atoms with Gasteiger partial charge in [-0.15, -0.1) is 0 Å². The van der Waals surface area contributed by atoms with E-state index in [2.05, 4.69) is 15.3 Å². The Morgan fingerprint density at radius 3 is 2.55 bits per heavy atom. The number of nitrogens with zero attached hydrogens (tertiary/aromatic N) is 3. The lowest BCUT2D eigenvalue weighted by Gasteiger charge is -2.08. The largest absolute Gasteiger partial charge is 0.397 e. The van der Waals surface area contributed by atoms with Crippen molar-refractivity contribution in [1.29, 1.82) is 0 Å². The van der Waals surface area contributed by atoms with E-state index in [0.717, 1.165) is 17.5 Å². The summed E-state index contributed by atoms with van der Waals surface area (Å²) in [5.41, 5.74) is 16.2. The lowest BCUT2D eigenvalue weighted by atomic mass is 10.1. The number of rotatable bonds is 8. The van der Waals surface area contributed by atoms with Crippen LogP contribution in [0.5, 0.6) is 0 Å². The molecular weight excluding hydrogens is 416 g/mol. The Morgan fingerprint density at radius 1 is 1.09 bits per heavy atom. The number of carbonyl (C=O) groups is 2. The van der Waals surface area contributed by atoms with Crippen LogP contribution in [0, 0.1) is 0 Å². The van der Waals surface area contributed by atoms with Crippen LogP contribution in [0.3, 0.4) is 0 Å². The van der Waals surface area contributed by atoms with E-state index in [1.165, 1.54) is 0 Å². The number of nitrogen functional groups attached to an aromatic ring is 1. The molecule has 8 nitrogen and oxygen atoms in total. The lowest BCUT2D eigenvalue weighted by molar-refractivity contribution is 0.0969. The highest BCUT2D eigenvalue weighted by molar-refractivity contribution is 6.04. The van der Waals surface area contributed by atoms with Crippen LogP contribution in [-0.2, 0) is 6.42 Å². The van der Waals surface area contributed by atoms with Gasteiger partial charge in [0.05, 0.1) is 16.9 Å². The second kappa shape index (κ2) is 9.62. The Morgan fingerprint density at radius 2 is 1.88 bits per heavy atom. The molecule has 1 amide bonds. The number of Topliss-reactive ketones (excluding diaryl/α,β-unsaturated/α-hetero) is 1. The van der Waals surface area contributed by atoms with Gasteiger partial charge < -0.3 is 16.8 Å². The minimum absolute atomic E-state index is 0.0864. The number of carbonyl (C=O) groups excluding carboxylic acids is 2. The fourth-order valence-electron chi connectivity index (χ4n) is 3.73. The van der Waals surface area contributed by atoms with Crippen LogP contribution in [0.15, 0.2) is 60.9 Å². The number of hydrogen-bond donors (Lipinski definition) is 3. The van der Waals surface area contributed by atoms with Gasteiger partial charge in [-0.1, -0.05) is 25.1 Å². The van der Waals surface area contributed by atoms with Gasteiger partial charge in [0, 0.05) is 29.9 Å². The molecule has 1 aromatic carbocycles. The van der Waals surface area contributed by atoms with Crippen LogP contribution in [0.4, 0.5) is 11.5 Å². The summed E-state index contributed by atoms with van der Waals surface area (Å²) in [6.45, 7) is 2.46. The first kappa shape index (κ1) is 22.2. The van der Waals surface area contributed by atoms with Crippen LogP contribution in [0.1, 0.15) is 46.3 Å². The molecule has 5 N–H and O–H groups in total. The average Bonchev–Trinajstić information content (AvgIpc) is 3.24. The van der Waals surface area contributed by atoms with Gasteiger partial charge in [-0.25, -0.2) is 9.97 Å². The van der Waals surface area contributed by atoms with Crippen molar-refractivity contribution < 1.29 is 9.59 Å². The summed E-state index contributed by atoms with van der Waals surface area (Å²) in [6.07, 6.45) is 5.12. The predicted octanol–water partition coefficient (Wildman–Crippen LogP) is 3.71. The molecule has 8 heteroatoms. The number of ketones is 1. The third-order valence-electron chi connectivity index (χ3n) is 5.50. The van der Waals surface area contributed by atoms with E-state index in [1.54, 1.807) is 40.9 Å². The zero-order chi connectivity index (χ0) is 23.4. The Labute approximate surface area is 191 Å². The molecule has 0 aliphatic heterocycles. The van der Waals surface area contributed by atoms with Gasteiger partial charge in [0.1, 0.15) is 5.82 Å². The molecule has 33 heavy (non-hydrogen) atoms. The Hall–Kier alpha value is -4.04. The van der Waals surface area contributed by atoms with Crippen molar-refractivity contribution in [3.05, 3.63) is 77.9 Å². The summed E-state index contributed by atoms with van der Waals surface area (Å²) in [6, 6.07) is 14.3. The van der Waals surface area contributed by atoms with E-state index in [1.807, 2.05) is 31.3 Å². The number of fused-ring (bicyclic) bond motifs is 1. The molecule has 0 aliphatic carbocycles. The highest BCUT2D eigenvalue weighted by Crippen LogP contribution is 2.32. The summed E-state index contributed by atoms with van der Waals surface area (Å²) >= 11 is 0. The number of benzene rings is 1. The third-order valence-corrected chi connectivity index (χ3v) is 5.50. The van der Waals surface area contributed by atoms with Gasteiger partial charge in [0.2, 0.25) is 0 Å². The van der Waals surface area contributed by atoms with E-state index in [0.29, 0.717) is 53.5 Å². The molecule has 0 saturated carbocycles. The summed E-state index contributed by atoms with van der Waals surface area (Å²) in [5.74, 6) is 0.462. The number of aromatic nitrogens is 3. The highest BCUT2D eigenvalue weighted by Gasteiger charge is 2.21. The van der Waals surface area contributed by atoms with E-state index in [-0.39, 0.29) is 11.7 Å². The minimum atomic E-state index is -0.264. The van der Waals surface area contributed by atoms with Crippen molar-refractivity contribution >= 4 is 28.7 Å².